The highest BCUT2D eigenvalue weighted by Gasteiger charge is 2.17. The van der Waals surface area contributed by atoms with E-state index in [1.807, 2.05) is 43.4 Å². The standard InChI is InChI=1S/C15H15BrClNO/c1-18-15(10-4-3-5-12(17)8-10)13-9-11(16)6-7-14(13)19-2/h3-9,15,18H,1-2H3. The maximum atomic E-state index is 6.07. The zero-order valence-electron chi connectivity index (χ0n) is 10.8. The Bertz CT molecular complexity index is 574. The Hall–Kier alpha value is -1.03. The first-order valence-corrected chi connectivity index (χ1v) is 7.09. The van der Waals surface area contributed by atoms with Crippen molar-refractivity contribution in [1.82, 2.24) is 5.32 Å². The van der Waals surface area contributed by atoms with Crippen molar-refractivity contribution in [3.63, 3.8) is 0 Å². The number of rotatable bonds is 4. The molecule has 2 aromatic carbocycles. The van der Waals surface area contributed by atoms with E-state index in [1.165, 1.54) is 0 Å². The van der Waals surface area contributed by atoms with Crippen LogP contribution in [0.25, 0.3) is 0 Å². The average Bonchev–Trinajstić information content (AvgIpc) is 2.40. The largest absolute Gasteiger partial charge is 0.496 e. The fraction of sp³-hybridized carbons (Fsp3) is 0.200. The Morgan fingerprint density at radius 1 is 1.21 bits per heavy atom. The molecule has 0 aliphatic carbocycles. The summed E-state index contributed by atoms with van der Waals surface area (Å²) in [6.07, 6.45) is 0. The molecule has 0 bridgehead atoms. The van der Waals surface area contributed by atoms with Gasteiger partial charge in [0.15, 0.2) is 0 Å². The lowest BCUT2D eigenvalue weighted by Gasteiger charge is -2.20. The van der Waals surface area contributed by atoms with Gasteiger partial charge in [-0.05, 0) is 42.9 Å². The summed E-state index contributed by atoms with van der Waals surface area (Å²) in [5.41, 5.74) is 2.17. The minimum absolute atomic E-state index is 0.0335. The minimum atomic E-state index is 0.0335. The van der Waals surface area contributed by atoms with Crippen molar-refractivity contribution >= 4 is 27.5 Å². The maximum absolute atomic E-state index is 6.07. The lowest BCUT2D eigenvalue weighted by Crippen LogP contribution is -2.18. The molecule has 100 valence electrons. The van der Waals surface area contributed by atoms with Gasteiger partial charge in [-0.1, -0.05) is 39.7 Å². The predicted molar refractivity (Wildman–Crippen MR) is 83.0 cm³/mol. The van der Waals surface area contributed by atoms with E-state index >= 15 is 0 Å². The molecule has 19 heavy (non-hydrogen) atoms. The molecule has 2 nitrogen and oxygen atoms in total. The zero-order chi connectivity index (χ0) is 13.8. The first-order chi connectivity index (χ1) is 9.15. The van der Waals surface area contributed by atoms with Gasteiger partial charge >= 0.3 is 0 Å². The molecule has 0 spiro atoms. The summed E-state index contributed by atoms with van der Waals surface area (Å²) in [5.74, 6) is 0.850. The molecule has 1 N–H and O–H groups in total. The number of ether oxygens (including phenoxy) is 1. The lowest BCUT2D eigenvalue weighted by molar-refractivity contribution is 0.405. The molecule has 1 atom stereocenters. The highest BCUT2D eigenvalue weighted by atomic mass is 79.9. The molecule has 0 heterocycles. The lowest BCUT2D eigenvalue weighted by atomic mass is 9.98. The van der Waals surface area contributed by atoms with Crippen LogP contribution < -0.4 is 10.1 Å². The molecular weight excluding hydrogens is 326 g/mol. The van der Waals surface area contributed by atoms with Gasteiger partial charge in [-0.25, -0.2) is 0 Å². The van der Waals surface area contributed by atoms with E-state index < -0.39 is 0 Å². The van der Waals surface area contributed by atoms with Crippen LogP contribution in [0.2, 0.25) is 5.02 Å². The van der Waals surface area contributed by atoms with Crippen molar-refractivity contribution in [1.29, 1.82) is 0 Å². The van der Waals surface area contributed by atoms with Crippen LogP contribution in [0.15, 0.2) is 46.9 Å². The third-order valence-electron chi connectivity index (χ3n) is 2.97. The first kappa shape index (κ1) is 14.4. The summed E-state index contributed by atoms with van der Waals surface area (Å²) < 4.78 is 6.46. The summed E-state index contributed by atoms with van der Waals surface area (Å²) in [7, 11) is 3.60. The van der Waals surface area contributed by atoms with E-state index in [9.17, 15) is 0 Å². The van der Waals surface area contributed by atoms with E-state index in [0.29, 0.717) is 0 Å². The fourth-order valence-corrected chi connectivity index (χ4v) is 2.70. The van der Waals surface area contributed by atoms with Crippen LogP contribution in [0, 0.1) is 0 Å². The third kappa shape index (κ3) is 3.30. The monoisotopic (exact) mass is 339 g/mol. The van der Waals surface area contributed by atoms with Crippen molar-refractivity contribution in [3.05, 3.63) is 63.1 Å². The molecule has 4 heteroatoms. The Morgan fingerprint density at radius 2 is 2.00 bits per heavy atom. The molecule has 0 fully saturated rings. The molecule has 0 radical (unpaired) electrons. The number of benzene rings is 2. The predicted octanol–water partition coefficient (Wildman–Crippen LogP) is 4.42. The van der Waals surface area contributed by atoms with E-state index in [-0.39, 0.29) is 6.04 Å². The SMILES string of the molecule is CNC(c1cccc(Cl)c1)c1cc(Br)ccc1OC. The van der Waals surface area contributed by atoms with Crippen LogP contribution in [0.3, 0.4) is 0 Å². The van der Waals surface area contributed by atoms with Gasteiger partial charge in [0.05, 0.1) is 13.2 Å². The van der Waals surface area contributed by atoms with Crippen LogP contribution in [0.4, 0.5) is 0 Å². The van der Waals surface area contributed by atoms with Crippen molar-refractivity contribution < 1.29 is 4.74 Å². The topological polar surface area (TPSA) is 21.3 Å². The Kier molecular flexibility index (Phi) is 4.86. The summed E-state index contributed by atoms with van der Waals surface area (Å²) >= 11 is 9.57. The molecule has 2 rings (SSSR count). The van der Waals surface area contributed by atoms with Gasteiger partial charge < -0.3 is 10.1 Å². The quantitative estimate of drug-likeness (QED) is 0.889. The number of hydrogen-bond acceptors (Lipinski definition) is 2. The van der Waals surface area contributed by atoms with Crippen molar-refractivity contribution in [2.75, 3.05) is 14.2 Å². The highest BCUT2D eigenvalue weighted by Crippen LogP contribution is 2.32. The second kappa shape index (κ2) is 6.42. The van der Waals surface area contributed by atoms with Gasteiger partial charge in [0.25, 0.3) is 0 Å². The van der Waals surface area contributed by atoms with Crippen LogP contribution >= 0.6 is 27.5 Å². The van der Waals surface area contributed by atoms with Gasteiger partial charge in [-0.15, -0.1) is 0 Å². The summed E-state index contributed by atoms with van der Waals surface area (Å²) in [4.78, 5) is 0. The van der Waals surface area contributed by atoms with Crippen molar-refractivity contribution in [2.24, 2.45) is 0 Å². The van der Waals surface area contributed by atoms with E-state index in [1.54, 1.807) is 7.11 Å². The molecular formula is C15H15BrClNO. The second-order valence-corrected chi connectivity index (χ2v) is 5.52. The molecule has 0 aliphatic rings. The number of hydrogen-bond donors (Lipinski definition) is 1. The smallest absolute Gasteiger partial charge is 0.124 e. The van der Waals surface area contributed by atoms with Crippen molar-refractivity contribution in [3.8, 4) is 5.75 Å². The number of nitrogens with one attached hydrogen (secondary N) is 1. The number of methoxy groups -OCH3 is 1. The molecule has 0 aromatic heterocycles. The third-order valence-corrected chi connectivity index (χ3v) is 3.70. The van der Waals surface area contributed by atoms with Gasteiger partial charge in [0.1, 0.15) is 5.75 Å². The van der Waals surface area contributed by atoms with Crippen LogP contribution in [0.1, 0.15) is 17.2 Å². The Morgan fingerprint density at radius 3 is 2.63 bits per heavy atom. The summed E-state index contributed by atoms with van der Waals surface area (Å²) in [6, 6.07) is 13.8. The highest BCUT2D eigenvalue weighted by molar-refractivity contribution is 9.10. The van der Waals surface area contributed by atoms with E-state index in [2.05, 4.69) is 27.3 Å². The summed E-state index contributed by atoms with van der Waals surface area (Å²) in [6.45, 7) is 0. The molecule has 0 amide bonds. The maximum Gasteiger partial charge on any atom is 0.124 e. The van der Waals surface area contributed by atoms with Crippen LogP contribution in [-0.2, 0) is 0 Å². The average molecular weight is 341 g/mol. The summed E-state index contributed by atoms with van der Waals surface area (Å²) in [5, 5.41) is 4.03. The molecule has 0 saturated carbocycles. The van der Waals surface area contributed by atoms with Crippen LogP contribution in [-0.4, -0.2) is 14.2 Å². The van der Waals surface area contributed by atoms with E-state index in [0.717, 1.165) is 26.4 Å². The molecule has 0 saturated heterocycles. The molecule has 2 aromatic rings. The Labute approximate surface area is 126 Å². The second-order valence-electron chi connectivity index (χ2n) is 4.16. The minimum Gasteiger partial charge on any atom is -0.496 e. The number of halogens is 2. The van der Waals surface area contributed by atoms with Gasteiger partial charge in [0.2, 0.25) is 0 Å². The normalized spacial score (nSPS) is 12.2. The van der Waals surface area contributed by atoms with Crippen molar-refractivity contribution in [2.45, 2.75) is 6.04 Å². The Balaban J connectivity index is 2.50. The van der Waals surface area contributed by atoms with Gasteiger partial charge in [0, 0.05) is 15.1 Å². The molecule has 0 aliphatic heterocycles. The van der Waals surface area contributed by atoms with Gasteiger partial charge in [-0.3, -0.25) is 0 Å². The molecule has 1 unspecified atom stereocenters. The zero-order valence-corrected chi connectivity index (χ0v) is 13.1. The van der Waals surface area contributed by atoms with Crippen LogP contribution in [0.5, 0.6) is 5.75 Å². The van der Waals surface area contributed by atoms with E-state index in [4.69, 9.17) is 16.3 Å². The first-order valence-electron chi connectivity index (χ1n) is 5.92. The van der Waals surface area contributed by atoms with Gasteiger partial charge in [-0.2, -0.15) is 0 Å². The fourth-order valence-electron chi connectivity index (χ4n) is 2.12.